The highest BCUT2D eigenvalue weighted by atomic mass is 16.5. The predicted molar refractivity (Wildman–Crippen MR) is 210 cm³/mol. The summed E-state index contributed by atoms with van der Waals surface area (Å²) in [6.07, 6.45) is 3.80. The number of carbonyl (C=O) groups excluding carboxylic acids is 3. The maximum absolute atomic E-state index is 14.7. The molecule has 276 valence electrons. The first-order chi connectivity index (χ1) is 25.9. The Morgan fingerprint density at radius 3 is 1.91 bits per heavy atom. The minimum atomic E-state index is -0.699. The fraction of sp³-hybridized carbons (Fsp3) is 0.341. The molecule has 6 rings (SSSR count). The third kappa shape index (κ3) is 10.4. The Hall–Kier alpha value is -5.41. The van der Waals surface area contributed by atoms with Gasteiger partial charge in [-0.05, 0) is 59.5 Å². The first-order valence-electron chi connectivity index (χ1n) is 18.8. The van der Waals surface area contributed by atoms with E-state index < -0.39 is 6.04 Å². The van der Waals surface area contributed by atoms with Crippen molar-refractivity contribution in [3.63, 3.8) is 0 Å². The van der Waals surface area contributed by atoms with Crippen molar-refractivity contribution in [3.8, 4) is 5.75 Å². The number of nitrogens with zero attached hydrogens (tertiary/aromatic N) is 5. The average molecular weight is 714 g/mol. The van der Waals surface area contributed by atoms with Crippen LogP contribution < -0.4 is 9.64 Å². The zero-order valence-electron chi connectivity index (χ0n) is 31.0. The van der Waals surface area contributed by atoms with E-state index in [1.54, 1.807) is 24.0 Å². The van der Waals surface area contributed by atoms with Gasteiger partial charge >= 0.3 is 0 Å². The number of piperazine rings is 2. The van der Waals surface area contributed by atoms with Crippen LogP contribution in [0.25, 0.3) is 6.08 Å². The summed E-state index contributed by atoms with van der Waals surface area (Å²) in [6, 6.07) is 35.6. The Labute approximate surface area is 314 Å². The van der Waals surface area contributed by atoms with Crippen molar-refractivity contribution in [1.82, 2.24) is 19.6 Å². The highest BCUT2D eigenvalue weighted by molar-refractivity contribution is 5.96. The molecule has 0 aliphatic carbocycles. The maximum Gasteiger partial charge on any atom is 0.247 e. The van der Waals surface area contributed by atoms with E-state index in [0.29, 0.717) is 39.2 Å². The lowest BCUT2D eigenvalue weighted by Gasteiger charge is -2.39. The van der Waals surface area contributed by atoms with Gasteiger partial charge in [0.1, 0.15) is 11.8 Å². The molecule has 1 atom stereocenters. The lowest BCUT2D eigenvalue weighted by atomic mass is 10.0. The third-order valence-electron chi connectivity index (χ3n) is 10.1. The van der Waals surface area contributed by atoms with Crippen LogP contribution in [-0.4, -0.2) is 102 Å². The van der Waals surface area contributed by atoms with Gasteiger partial charge < -0.3 is 24.3 Å². The Kier molecular flexibility index (Phi) is 13.0. The standard InChI is InChI=1S/C44H51N5O4/c1-3-53-41-21-16-36(17-22-41)18-23-43(51)49(34-39-14-19-40(20-15-39)47-30-28-46(29-31-47)35(2)50)42(32-37-10-6-4-7-11-37)44(52)48-26-24-45(25-27-48)33-38-12-8-5-9-13-38/h4-23,42H,3,24-34H2,1-2H3/b23-18+/t42-/m0/s1. The highest BCUT2D eigenvalue weighted by Gasteiger charge is 2.34. The molecule has 4 aromatic rings. The van der Waals surface area contributed by atoms with E-state index >= 15 is 0 Å². The summed E-state index contributed by atoms with van der Waals surface area (Å²) in [5, 5.41) is 0. The van der Waals surface area contributed by atoms with Crippen LogP contribution in [0.3, 0.4) is 0 Å². The van der Waals surface area contributed by atoms with Crippen LogP contribution in [0, 0.1) is 0 Å². The SMILES string of the molecule is CCOc1ccc(/C=C/C(=O)N(Cc2ccc(N3CCN(C(C)=O)CC3)cc2)[C@@H](Cc2ccccc2)C(=O)N2CCN(Cc3ccccc3)CC2)cc1. The molecule has 0 spiro atoms. The summed E-state index contributed by atoms with van der Waals surface area (Å²) in [5.41, 5.74) is 5.15. The smallest absolute Gasteiger partial charge is 0.247 e. The molecule has 3 amide bonds. The summed E-state index contributed by atoms with van der Waals surface area (Å²) < 4.78 is 5.60. The minimum Gasteiger partial charge on any atom is -0.494 e. The van der Waals surface area contributed by atoms with E-state index in [1.807, 2.05) is 77.4 Å². The van der Waals surface area contributed by atoms with Crippen LogP contribution in [0.1, 0.15) is 36.1 Å². The second-order valence-corrected chi connectivity index (χ2v) is 13.8. The van der Waals surface area contributed by atoms with Gasteiger partial charge in [-0.15, -0.1) is 0 Å². The van der Waals surface area contributed by atoms with Gasteiger partial charge in [-0.1, -0.05) is 84.9 Å². The molecule has 0 N–H and O–H groups in total. The van der Waals surface area contributed by atoms with Crippen molar-refractivity contribution in [2.24, 2.45) is 0 Å². The van der Waals surface area contributed by atoms with Gasteiger partial charge in [-0.2, -0.15) is 0 Å². The molecule has 9 heteroatoms. The number of hydrogen-bond acceptors (Lipinski definition) is 6. The van der Waals surface area contributed by atoms with E-state index in [2.05, 4.69) is 58.3 Å². The first kappa shape index (κ1) is 37.4. The number of carbonyl (C=O) groups is 3. The van der Waals surface area contributed by atoms with Crippen molar-refractivity contribution in [2.75, 3.05) is 63.9 Å². The largest absolute Gasteiger partial charge is 0.494 e. The predicted octanol–water partition coefficient (Wildman–Crippen LogP) is 5.75. The zero-order valence-corrected chi connectivity index (χ0v) is 31.0. The van der Waals surface area contributed by atoms with E-state index in [-0.39, 0.29) is 24.3 Å². The number of ether oxygens (including phenoxy) is 1. The van der Waals surface area contributed by atoms with Crippen molar-refractivity contribution in [1.29, 1.82) is 0 Å². The van der Waals surface area contributed by atoms with Crippen LogP contribution in [0.2, 0.25) is 0 Å². The summed E-state index contributed by atoms with van der Waals surface area (Å²) >= 11 is 0. The van der Waals surface area contributed by atoms with Gasteiger partial charge in [0.05, 0.1) is 6.61 Å². The second-order valence-electron chi connectivity index (χ2n) is 13.8. The molecule has 0 radical (unpaired) electrons. The maximum atomic E-state index is 14.7. The molecule has 0 saturated carbocycles. The van der Waals surface area contributed by atoms with Crippen molar-refractivity contribution < 1.29 is 19.1 Å². The summed E-state index contributed by atoms with van der Waals surface area (Å²) in [7, 11) is 0. The molecule has 2 aliphatic heterocycles. The summed E-state index contributed by atoms with van der Waals surface area (Å²) in [6.45, 7) is 11.0. The fourth-order valence-corrected chi connectivity index (χ4v) is 7.08. The van der Waals surface area contributed by atoms with Crippen LogP contribution in [0.5, 0.6) is 5.75 Å². The van der Waals surface area contributed by atoms with Crippen LogP contribution in [0.4, 0.5) is 5.69 Å². The number of rotatable bonds is 13. The summed E-state index contributed by atoms with van der Waals surface area (Å²) in [5.74, 6) is 0.630. The number of amides is 3. The van der Waals surface area contributed by atoms with Gasteiger partial charge in [-0.3, -0.25) is 19.3 Å². The molecule has 9 nitrogen and oxygen atoms in total. The van der Waals surface area contributed by atoms with Crippen LogP contribution in [-0.2, 0) is 33.9 Å². The Morgan fingerprint density at radius 1 is 0.698 bits per heavy atom. The summed E-state index contributed by atoms with van der Waals surface area (Å²) in [4.78, 5) is 51.1. The normalized spacial score (nSPS) is 15.7. The minimum absolute atomic E-state index is 0.0315. The lowest BCUT2D eigenvalue weighted by molar-refractivity contribution is -0.145. The van der Waals surface area contributed by atoms with Crippen molar-refractivity contribution >= 4 is 29.5 Å². The molecule has 0 unspecified atom stereocenters. The molecular weight excluding hydrogens is 663 g/mol. The Morgan fingerprint density at radius 2 is 1.30 bits per heavy atom. The zero-order chi connectivity index (χ0) is 37.0. The number of benzene rings is 4. The quantitative estimate of drug-likeness (QED) is 0.164. The monoisotopic (exact) mass is 713 g/mol. The van der Waals surface area contributed by atoms with E-state index in [4.69, 9.17) is 4.74 Å². The topological polar surface area (TPSA) is 76.6 Å². The van der Waals surface area contributed by atoms with Gasteiger partial charge in [0.25, 0.3) is 0 Å². The van der Waals surface area contributed by atoms with Gasteiger partial charge in [0, 0.05) is 90.6 Å². The average Bonchev–Trinajstić information content (AvgIpc) is 3.20. The number of hydrogen-bond donors (Lipinski definition) is 0. The Balaban J connectivity index is 1.24. The van der Waals surface area contributed by atoms with Crippen molar-refractivity contribution in [3.05, 3.63) is 138 Å². The second kappa shape index (κ2) is 18.4. The van der Waals surface area contributed by atoms with E-state index in [9.17, 15) is 14.4 Å². The fourth-order valence-electron chi connectivity index (χ4n) is 7.08. The lowest BCUT2D eigenvalue weighted by Crippen LogP contribution is -2.56. The molecular formula is C44H51N5O4. The molecule has 2 saturated heterocycles. The van der Waals surface area contributed by atoms with Crippen LogP contribution >= 0.6 is 0 Å². The molecule has 0 aromatic heterocycles. The third-order valence-corrected chi connectivity index (χ3v) is 10.1. The van der Waals surface area contributed by atoms with E-state index in [0.717, 1.165) is 60.9 Å². The molecule has 2 aliphatic rings. The first-order valence-corrected chi connectivity index (χ1v) is 18.8. The van der Waals surface area contributed by atoms with E-state index in [1.165, 1.54) is 5.56 Å². The van der Waals surface area contributed by atoms with Gasteiger partial charge in [-0.25, -0.2) is 0 Å². The van der Waals surface area contributed by atoms with Gasteiger partial charge in [0.2, 0.25) is 17.7 Å². The highest BCUT2D eigenvalue weighted by Crippen LogP contribution is 2.23. The molecule has 4 aromatic carbocycles. The number of anilines is 1. The molecule has 2 heterocycles. The molecule has 2 fully saturated rings. The van der Waals surface area contributed by atoms with Gasteiger partial charge in [0.15, 0.2) is 0 Å². The van der Waals surface area contributed by atoms with Crippen molar-refractivity contribution in [2.45, 2.75) is 39.4 Å². The molecule has 0 bridgehead atoms. The Bertz CT molecular complexity index is 1800. The van der Waals surface area contributed by atoms with Crippen LogP contribution in [0.15, 0.2) is 115 Å². The molecule has 53 heavy (non-hydrogen) atoms.